The van der Waals surface area contributed by atoms with Gasteiger partial charge in [-0.25, -0.2) is 0 Å². The Balaban J connectivity index is 1.70. The van der Waals surface area contributed by atoms with Crippen molar-refractivity contribution in [1.29, 1.82) is 0 Å². The van der Waals surface area contributed by atoms with E-state index in [0.29, 0.717) is 12.2 Å². The fourth-order valence-electron chi connectivity index (χ4n) is 4.36. The molecule has 32 heavy (non-hydrogen) atoms. The van der Waals surface area contributed by atoms with E-state index in [2.05, 4.69) is 24.3 Å². The number of ether oxygens (including phenoxy) is 2. The van der Waals surface area contributed by atoms with E-state index >= 15 is 0 Å². The predicted octanol–water partition coefficient (Wildman–Crippen LogP) is 5.68. The summed E-state index contributed by atoms with van der Waals surface area (Å²) in [4.78, 5) is 25.9. The highest BCUT2D eigenvalue weighted by molar-refractivity contribution is 6.10. The Hall–Kier alpha value is -3.66. The zero-order valence-electron chi connectivity index (χ0n) is 18.3. The van der Waals surface area contributed by atoms with Gasteiger partial charge in [-0.1, -0.05) is 72.8 Å². The molecular formula is C28H26O4. The lowest BCUT2D eigenvalue weighted by atomic mass is 9.73. The number of para-hydroxylation sites is 1. The number of carbonyl (C=O) groups is 2. The van der Waals surface area contributed by atoms with Crippen LogP contribution in [0.15, 0.2) is 84.9 Å². The number of esters is 1. The third-order valence-corrected chi connectivity index (χ3v) is 5.91. The summed E-state index contributed by atoms with van der Waals surface area (Å²) >= 11 is 0. The smallest absolute Gasteiger partial charge is 0.317 e. The first kappa shape index (κ1) is 21.6. The molecular weight excluding hydrogens is 400 g/mol. The van der Waals surface area contributed by atoms with E-state index in [9.17, 15) is 9.59 Å². The summed E-state index contributed by atoms with van der Waals surface area (Å²) in [6, 6.07) is 25.9. The third-order valence-electron chi connectivity index (χ3n) is 5.91. The highest BCUT2D eigenvalue weighted by Crippen LogP contribution is 2.43. The van der Waals surface area contributed by atoms with Gasteiger partial charge in [-0.05, 0) is 53.3 Å². The Kier molecular flexibility index (Phi) is 6.50. The van der Waals surface area contributed by atoms with Crippen molar-refractivity contribution < 1.29 is 19.1 Å². The maximum Gasteiger partial charge on any atom is 0.317 e. The number of methoxy groups -OCH3 is 1. The fraction of sp³-hybridized carbons (Fsp3) is 0.214. The van der Waals surface area contributed by atoms with E-state index in [0.717, 1.165) is 27.8 Å². The van der Waals surface area contributed by atoms with Crippen molar-refractivity contribution in [2.24, 2.45) is 5.92 Å². The second-order valence-electron chi connectivity index (χ2n) is 7.80. The summed E-state index contributed by atoms with van der Waals surface area (Å²) in [7, 11) is 1.60. The number of ketones is 1. The molecule has 0 saturated carbocycles. The van der Waals surface area contributed by atoms with Gasteiger partial charge >= 0.3 is 5.97 Å². The molecule has 0 N–H and O–H groups in total. The van der Waals surface area contributed by atoms with Gasteiger partial charge < -0.3 is 9.47 Å². The van der Waals surface area contributed by atoms with Crippen LogP contribution in [0.4, 0.5) is 0 Å². The van der Waals surface area contributed by atoms with Crippen LogP contribution in [0.1, 0.15) is 30.4 Å². The summed E-state index contributed by atoms with van der Waals surface area (Å²) in [5.41, 5.74) is 4.98. The molecule has 3 aromatic carbocycles. The first-order valence-electron chi connectivity index (χ1n) is 10.8. The minimum atomic E-state index is -0.876. The van der Waals surface area contributed by atoms with E-state index in [1.807, 2.05) is 54.6 Å². The molecule has 0 aromatic heterocycles. The van der Waals surface area contributed by atoms with Crippen LogP contribution in [0.3, 0.4) is 0 Å². The van der Waals surface area contributed by atoms with Gasteiger partial charge in [0.1, 0.15) is 11.7 Å². The summed E-state index contributed by atoms with van der Waals surface area (Å²) < 4.78 is 10.8. The van der Waals surface area contributed by atoms with Gasteiger partial charge in [-0.15, -0.1) is 0 Å². The molecule has 3 aromatic rings. The minimum absolute atomic E-state index is 0.229. The topological polar surface area (TPSA) is 52.6 Å². The summed E-state index contributed by atoms with van der Waals surface area (Å²) in [6.45, 7) is 1.98. The first-order valence-corrected chi connectivity index (χ1v) is 10.8. The average molecular weight is 427 g/mol. The monoisotopic (exact) mass is 426 g/mol. The Morgan fingerprint density at radius 3 is 2.19 bits per heavy atom. The van der Waals surface area contributed by atoms with Crippen LogP contribution in [0, 0.1) is 5.92 Å². The SMILES string of the molecule is CCOC(=O)C1C(=O)C=C(c2ccc(-c3ccccc3)cc2)CC1c1ccccc1OC. The largest absolute Gasteiger partial charge is 0.496 e. The van der Waals surface area contributed by atoms with Crippen molar-refractivity contribution in [2.75, 3.05) is 13.7 Å². The predicted molar refractivity (Wildman–Crippen MR) is 125 cm³/mol. The highest BCUT2D eigenvalue weighted by Gasteiger charge is 2.40. The van der Waals surface area contributed by atoms with E-state index in [1.54, 1.807) is 20.1 Å². The molecule has 0 aliphatic heterocycles. The number of rotatable bonds is 6. The average Bonchev–Trinajstić information content (AvgIpc) is 2.84. The van der Waals surface area contributed by atoms with E-state index in [1.165, 1.54) is 0 Å². The molecule has 1 aliphatic carbocycles. The molecule has 4 nitrogen and oxygen atoms in total. The molecule has 0 bridgehead atoms. The zero-order chi connectivity index (χ0) is 22.5. The molecule has 4 rings (SSSR count). The molecule has 4 heteroatoms. The zero-order valence-corrected chi connectivity index (χ0v) is 18.3. The summed E-state index contributed by atoms with van der Waals surface area (Å²) in [6.07, 6.45) is 2.14. The second kappa shape index (κ2) is 9.65. The molecule has 0 fully saturated rings. The fourth-order valence-corrected chi connectivity index (χ4v) is 4.36. The van der Waals surface area contributed by atoms with Crippen LogP contribution in [0.25, 0.3) is 16.7 Å². The van der Waals surface area contributed by atoms with Crippen molar-refractivity contribution in [1.82, 2.24) is 0 Å². The highest BCUT2D eigenvalue weighted by atomic mass is 16.5. The first-order chi connectivity index (χ1) is 15.6. The summed E-state index contributed by atoms with van der Waals surface area (Å²) in [5.74, 6) is -1.28. The number of benzene rings is 3. The van der Waals surface area contributed by atoms with E-state index in [-0.39, 0.29) is 18.3 Å². The molecule has 0 saturated heterocycles. The molecule has 162 valence electrons. The van der Waals surface area contributed by atoms with Crippen LogP contribution in [0.2, 0.25) is 0 Å². The number of hydrogen-bond acceptors (Lipinski definition) is 4. The minimum Gasteiger partial charge on any atom is -0.496 e. The molecule has 0 heterocycles. The van der Waals surface area contributed by atoms with Crippen LogP contribution in [-0.4, -0.2) is 25.5 Å². The van der Waals surface area contributed by atoms with Gasteiger partial charge in [-0.3, -0.25) is 9.59 Å². The molecule has 2 unspecified atom stereocenters. The second-order valence-corrected chi connectivity index (χ2v) is 7.80. The van der Waals surface area contributed by atoms with Crippen molar-refractivity contribution in [2.45, 2.75) is 19.3 Å². The number of hydrogen-bond donors (Lipinski definition) is 0. The van der Waals surface area contributed by atoms with Gasteiger partial charge in [-0.2, -0.15) is 0 Å². The Labute approximate surface area is 188 Å². The van der Waals surface area contributed by atoms with Crippen LogP contribution >= 0.6 is 0 Å². The maximum absolute atomic E-state index is 13.1. The van der Waals surface area contributed by atoms with E-state index in [4.69, 9.17) is 9.47 Å². The van der Waals surface area contributed by atoms with Crippen molar-refractivity contribution in [3.8, 4) is 16.9 Å². The molecule has 2 atom stereocenters. The van der Waals surface area contributed by atoms with Crippen molar-refractivity contribution >= 4 is 17.3 Å². The number of allylic oxidation sites excluding steroid dienone is 2. The van der Waals surface area contributed by atoms with Gasteiger partial charge in [0, 0.05) is 5.92 Å². The Morgan fingerprint density at radius 1 is 0.875 bits per heavy atom. The van der Waals surface area contributed by atoms with Crippen LogP contribution < -0.4 is 4.74 Å². The Bertz CT molecular complexity index is 1130. The Morgan fingerprint density at radius 2 is 1.50 bits per heavy atom. The van der Waals surface area contributed by atoms with E-state index < -0.39 is 11.9 Å². The van der Waals surface area contributed by atoms with Crippen LogP contribution in [-0.2, 0) is 14.3 Å². The lowest BCUT2D eigenvalue weighted by Gasteiger charge is -2.30. The quantitative estimate of drug-likeness (QED) is 0.376. The van der Waals surface area contributed by atoms with Crippen molar-refractivity contribution in [3.63, 3.8) is 0 Å². The molecule has 0 radical (unpaired) electrons. The normalized spacial score (nSPS) is 18.1. The maximum atomic E-state index is 13.1. The molecule has 0 spiro atoms. The lowest BCUT2D eigenvalue weighted by molar-refractivity contribution is -0.151. The molecule has 0 amide bonds. The standard InChI is InChI=1S/C28H26O4/c1-3-32-28(30)27-24(23-11-7-8-12-26(23)31-2)17-22(18-25(27)29)21-15-13-20(14-16-21)19-9-5-4-6-10-19/h4-16,18,24,27H,3,17H2,1-2H3. The molecule has 1 aliphatic rings. The van der Waals surface area contributed by atoms with Gasteiger partial charge in [0.15, 0.2) is 5.78 Å². The van der Waals surface area contributed by atoms with Crippen LogP contribution in [0.5, 0.6) is 5.75 Å². The number of carbonyl (C=O) groups excluding carboxylic acids is 2. The van der Waals surface area contributed by atoms with Gasteiger partial charge in [0.25, 0.3) is 0 Å². The summed E-state index contributed by atoms with van der Waals surface area (Å²) in [5, 5.41) is 0. The van der Waals surface area contributed by atoms with Gasteiger partial charge in [0.2, 0.25) is 0 Å². The van der Waals surface area contributed by atoms with Crippen molar-refractivity contribution in [3.05, 3.63) is 96.1 Å². The third kappa shape index (κ3) is 4.35. The lowest BCUT2D eigenvalue weighted by Crippen LogP contribution is -2.34. The van der Waals surface area contributed by atoms with Gasteiger partial charge in [0.05, 0.1) is 13.7 Å².